The summed E-state index contributed by atoms with van der Waals surface area (Å²) in [5.41, 5.74) is 2.81. The van der Waals surface area contributed by atoms with Crippen molar-refractivity contribution in [3.63, 3.8) is 0 Å². The number of aromatic nitrogens is 3. The van der Waals surface area contributed by atoms with Gasteiger partial charge in [-0.25, -0.2) is 9.97 Å². The molecular weight excluding hydrogens is 310 g/mol. The van der Waals surface area contributed by atoms with E-state index in [0.717, 1.165) is 39.2 Å². The first kappa shape index (κ1) is 14.8. The highest BCUT2D eigenvalue weighted by molar-refractivity contribution is 7.25. The first-order valence-electron chi connectivity index (χ1n) is 7.86. The molecule has 0 fully saturated rings. The van der Waals surface area contributed by atoms with E-state index in [-0.39, 0.29) is 11.2 Å². The summed E-state index contributed by atoms with van der Waals surface area (Å²) < 4.78 is 8.30. The summed E-state index contributed by atoms with van der Waals surface area (Å²) in [5, 5.41) is 0.968. The molecular formula is C17H19N3O2S. The summed E-state index contributed by atoms with van der Waals surface area (Å²) in [4.78, 5) is 23.0. The highest BCUT2D eigenvalue weighted by atomic mass is 32.1. The molecule has 1 aliphatic heterocycles. The molecule has 0 spiro atoms. The van der Waals surface area contributed by atoms with Crippen LogP contribution in [0.5, 0.6) is 0 Å². The number of ether oxygens (including phenoxy) is 1. The molecule has 0 aliphatic carbocycles. The van der Waals surface area contributed by atoms with Crippen LogP contribution in [0.2, 0.25) is 0 Å². The molecule has 0 N–H and O–H groups in total. The van der Waals surface area contributed by atoms with Crippen molar-refractivity contribution in [3.05, 3.63) is 33.5 Å². The summed E-state index contributed by atoms with van der Waals surface area (Å²) in [6.07, 6.45) is 0.790. The summed E-state index contributed by atoms with van der Waals surface area (Å²) in [6.45, 7) is 9.20. The zero-order valence-electron chi connectivity index (χ0n) is 13.8. The second kappa shape index (κ2) is 4.85. The van der Waals surface area contributed by atoms with Gasteiger partial charge in [-0.2, -0.15) is 0 Å². The van der Waals surface area contributed by atoms with Gasteiger partial charge < -0.3 is 4.74 Å². The van der Waals surface area contributed by atoms with E-state index in [4.69, 9.17) is 9.72 Å². The molecule has 1 aliphatic rings. The third kappa shape index (κ3) is 2.20. The van der Waals surface area contributed by atoms with Gasteiger partial charge in [0, 0.05) is 23.9 Å². The fraction of sp³-hybridized carbons (Fsp3) is 0.471. The molecule has 120 valence electrons. The van der Waals surface area contributed by atoms with E-state index in [1.165, 1.54) is 11.3 Å². The van der Waals surface area contributed by atoms with Crippen LogP contribution in [0.25, 0.3) is 20.4 Å². The largest absolute Gasteiger partial charge is 0.370 e. The molecule has 0 amide bonds. The van der Waals surface area contributed by atoms with Crippen molar-refractivity contribution in [2.75, 3.05) is 0 Å². The molecule has 0 bridgehead atoms. The van der Waals surface area contributed by atoms with E-state index in [1.807, 2.05) is 13.8 Å². The lowest BCUT2D eigenvalue weighted by Gasteiger charge is -2.30. The topological polar surface area (TPSA) is 57.0 Å². The summed E-state index contributed by atoms with van der Waals surface area (Å²) in [6, 6.07) is 2.11. The number of pyridine rings is 1. The standard InChI is InChI=1S/C17H19N3O2S/c1-5-20-9(2)18-13-11-6-10-8-22-17(3,4)7-12(10)19-15(11)23-14(13)16(20)21/h6H,5,7-8H2,1-4H3. The minimum absolute atomic E-state index is 0.0348. The number of rotatable bonds is 1. The molecule has 4 rings (SSSR count). The Labute approximate surface area is 137 Å². The van der Waals surface area contributed by atoms with Crippen molar-refractivity contribution in [2.24, 2.45) is 0 Å². The van der Waals surface area contributed by atoms with Gasteiger partial charge in [0.1, 0.15) is 15.4 Å². The molecule has 4 heterocycles. The van der Waals surface area contributed by atoms with Crippen LogP contribution in [-0.4, -0.2) is 20.1 Å². The van der Waals surface area contributed by atoms with Crippen LogP contribution in [0.1, 0.15) is 37.9 Å². The second-order valence-corrected chi connectivity index (χ2v) is 7.66. The smallest absolute Gasteiger partial charge is 0.271 e. The maximum atomic E-state index is 12.7. The van der Waals surface area contributed by atoms with Crippen LogP contribution in [0.3, 0.4) is 0 Å². The first-order valence-corrected chi connectivity index (χ1v) is 8.67. The normalized spacial score (nSPS) is 16.9. The Morgan fingerprint density at radius 2 is 2.17 bits per heavy atom. The van der Waals surface area contributed by atoms with Gasteiger partial charge in [-0.05, 0) is 33.8 Å². The van der Waals surface area contributed by atoms with Crippen LogP contribution < -0.4 is 5.56 Å². The minimum atomic E-state index is -0.186. The van der Waals surface area contributed by atoms with Gasteiger partial charge in [-0.1, -0.05) is 0 Å². The Bertz CT molecular complexity index is 1000. The maximum Gasteiger partial charge on any atom is 0.271 e. The van der Waals surface area contributed by atoms with E-state index in [0.29, 0.717) is 17.9 Å². The monoisotopic (exact) mass is 329 g/mol. The molecule has 0 atom stereocenters. The van der Waals surface area contributed by atoms with E-state index in [1.54, 1.807) is 4.57 Å². The van der Waals surface area contributed by atoms with Crippen molar-refractivity contribution >= 4 is 31.8 Å². The second-order valence-electron chi connectivity index (χ2n) is 6.66. The number of thiophene rings is 1. The molecule has 0 aromatic carbocycles. The lowest BCUT2D eigenvalue weighted by molar-refractivity contribution is -0.0411. The van der Waals surface area contributed by atoms with Crippen LogP contribution in [0.4, 0.5) is 0 Å². The Balaban J connectivity index is 2.04. The molecule has 0 radical (unpaired) electrons. The van der Waals surface area contributed by atoms with Crippen LogP contribution in [0.15, 0.2) is 10.9 Å². The van der Waals surface area contributed by atoms with Crippen LogP contribution >= 0.6 is 11.3 Å². The van der Waals surface area contributed by atoms with Gasteiger partial charge >= 0.3 is 0 Å². The van der Waals surface area contributed by atoms with Gasteiger partial charge in [0.2, 0.25) is 0 Å². The summed E-state index contributed by atoms with van der Waals surface area (Å²) in [5.74, 6) is 0.750. The third-order valence-electron chi connectivity index (χ3n) is 4.46. The Hall–Kier alpha value is -1.79. The quantitative estimate of drug-likeness (QED) is 0.688. The van der Waals surface area contributed by atoms with Crippen molar-refractivity contribution in [2.45, 2.75) is 52.9 Å². The zero-order valence-corrected chi connectivity index (χ0v) is 14.6. The van der Waals surface area contributed by atoms with Crippen LogP contribution in [0, 0.1) is 6.92 Å². The van der Waals surface area contributed by atoms with Crippen molar-refractivity contribution in [1.82, 2.24) is 14.5 Å². The number of hydrogen-bond acceptors (Lipinski definition) is 5. The fourth-order valence-corrected chi connectivity index (χ4v) is 4.28. The van der Waals surface area contributed by atoms with Gasteiger partial charge in [-0.15, -0.1) is 11.3 Å². The number of hydrogen-bond donors (Lipinski definition) is 0. The average molecular weight is 329 g/mol. The number of aryl methyl sites for hydroxylation is 1. The molecule has 3 aromatic heterocycles. The fourth-order valence-electron chi connectivity index (χ4n) is 3.21. The van der Waals surface area contributed by atoms with E-state index in [9.17, 15) is 4.79 Å². The van der Waals surface area contributed by atoms with Gasteiger partial charge in [-0.3, -0.25) is 9.36 Å². The van der Waals surface area contributed by atoms with E-state index in [2.05, 4.69) is 24.9 Å². The Kier molecular flexibility index (Phi) is 3.12. The number of nitrogens with zero attached hydrogens (tertiary/aromatic N) is 3. The SMILES string of the molecule is CCn1c(C)nc2c(sc3nc4c(cc32)COC(C)(C)C4)c1=O. The molecule has 0 unspecified atom stereocenters. The Morgan fingerprint density at radius 3 is 2.91 bits per heavy atom. The van der Waals surface area contributed by atoms with Gasteiger partial charge in [0.25, 0.3) is 5.56 Å². The lowest BCUT2D eigenvalue weighted by atomic mass is 9.95. The third-order valence-corrected chi connectivity index (χ3v) is 5.53. The molecule has 0 saturated heterocycles. The molecule has 3 aromatic rings. The molecule has 23 heavy (non-hydrogen) atoms. The van der Waals surface area contributed by atoms with E-state index < -0.39 is 0 Å². The van der Waals surface area contributed by atoms with Crippen molar-refractivity contribution < 1.29 is 4.74 Å². The molecule has 5 nitrogen and oxygen atoms in total. The number of fused-ring (bicyclic) bond motifs is 4. The predicted octanol–water partition coefficient (Wildman–Crippen LogP) is 3.19. The highest BCUT2D eigenvalue weighted by Crippen LogP contribution is 2.34. The summed E-state index contributed by atoms with van der Waals surface area (Å²) in [7, 11) is 0. The molecule has 6 heteroatoms. The maximum absolute atomic E-state index is 12.7. The summed E-state index contributed by atoms with van der Waals surface area (Å²) >= 11 is 1.45. The predicted molar refractivity (Wildman–Crippen MR) is 92.2 cm³/mol. The molecule has 0 saturated carbocycles. The van der Waals surface area contributed by atoms with Gasteiger partial charge in [0.15, 0.2) is 0 Å². The van der Waals surface area contributed by atoms with Crippen molar-refractivity contribution in [3.8, 4) is 0 Å². The van der Waals surface area contributed by atoms with Gasteiger partial charge in [0.05, 0.1) is 23.4 Å². The average Bonchev–Trinajstić information content (AvgIpc) is 2.82. The van der Waals surface area contributed by atoms with Crippen molar-refractivity contribution in [1.29, 1.82) is 0 Å². The van der Waals surface area contributed by atoms with Crippen LogP contribution in [-0.2, 0) is 24.3 Å². The highest BCUT2D eigenvalue weighted by Gasteiger charge is 2.28. The minimum Gasteiger partial charge on any atom is -0.370 e. The first-order chi connectivity index (χ1) is 10.9. The van der Waals surface area contributed by atoms with E-state index >= 15 is 0 Å². The lowest BCUT2D eigenvalue weighted by Crippen LogP contribution is -2.32. The Morgan fingerprint density at radius 1 is 1.39 bits per heavy atom. The zero-order chi connectivity index (χ0) is 16.4.